The zero-order valence-corrected chi connectivity index (χ0v) is 14.3. The topological polar surface area (TPSA) is 92.1 Å². The highest BCUT2D eigenvalue weighted by molar-refractivity contribution is 5.95. The fraction of sp³-hybridized carbons (Fsp3) is 0.263. The van der Waals surface area contributed by atoms with Crippen LogP contribution in [0.4, 0.5) is 5.69 Å². The van der Waals surface area contributed by atoms with Gasteiger partial charge in [-0.1, -0.05) is 18.2 Å². The van der Waals surface area contributed by atoms with E-state index < -0.39 is 4.92 Å². The molecule has 1 aliphatic heterocycles. The third-order valence-corrected chi connectivity index (χ3v) is 4.89. The molecule has 2 heterocycles. The Kier molecular flexibility index (Phi) is 3.91. The summed E-state index contributed by atoms with van der Waals surface area (Å²) < 4.78 is 0. The quantitative estimate of drug-likeness (QED) is 0.575. The lowest BCUT2D eigenvalue weighted by atomic mass is 10.1. The highest BCUT2D eigenvalue weighted by Gasteiger charge is 2.33. The second kappa shape index (κ2) is 6.25. The molecule has 0 bridgehead atoms. The van der Waals surface area contributed by atoms with E-state index in [0.29, 0.717) is 17.7 Å². The van der Waals surface area contributed by atoms with Crippen molar-refractivity contribution in [3.05, 3.63) is 69.5 Å². The van der Waals surface area contributed by atoms with Crippen molar-refractivity contribution in [2.75, 3.05) is 6.54 Å². The number of para-hydroxylation sites is 2. The number of carbonyl (C=O) groups excluding carboxylic acids is 1. The summed E-state index contributed by atoms with van der Waals surface area (Å²) in [6.45, 7) is 2.28. The molecular formula is C19H18N4O3. The van der Waals surface area contributed by atoms with Gasteiger partial charge in [0.1, 0.15) is 5.82 Å². The van der Waals surface area contributed by atoms with Gasteiger partial charge in [-0.3, -0.25) is 14.9 Å². The molecule has 0 aliphatic carbocycles. The summed E-state index contributed by atoms with van der Waals surface area (Å²) in [5.41, 5.74) is 2.66. The highest BCUT2D eigenvalue weighted by Crippen LogP contribution is 2.33. The van der Waals surface area contributed by atoms with E-state index in [2.05, 4.69) is 9.97 Å². The number of likely N-dealkylation sites (tertiary alicyclic amines) is 1. The third kappa shape index (κ3) is 2.71. The van der Waals surface area contributed by atoms with Crippen molar-refractivity contribution in [3.63, 3.8) is 0 Å². The van der Waals surface area contributed by atoms with Gasteiger partial charge < -0.3 is 9.88 Å². The molecule has 1 N–H and O–H groups in total. The molecule has 0 radical (unpaired) electrons. The van der Waals surface area contributed by atoms with Crippen LogP contribution in [0, 0.1) is 17.0 Å². The Bertz CT molecular complexity index is 978. The normalized spacial score (nSPS) is 17.0. The minimum Gasteiger partial charge on any atom is -0.340 e. The van der Waals surface area contributed by atoms with Gasteiger partial charge in [0.05, 0.1) is 22.0 Å². The van der Waals surface area contributed by atoms with E-state index in [9.17, 15) is 14.9 Å². The van der Waals surface area contributed by atoms with Crippen LogP contribution < -0.4 is 0 Å². The summed E-state index contributed by atoms with van der Waals surface area (Å²) in [6, 6.07) is 12.2. The maximum Gasteiger partial charge on any atom is 0.273 e. The predicted molar refractivity (Wildman–Crippen MR) is 96.9 cm³/mol. The van der Waals surface area contributed by atoms with E-state index in [0.717, 1.165) is 29.7 Å². The van der Waals surface area contributed by atoms with Crippen molar-refractivity contribution in [2.45, 2.75) is 25.8 Å². The first-order chi connectivity index (χ1) is 12.5. The minimum absolute atomic E-state index is 0.0321. The Morgan fingerprint density at radius 2 is 2.12 bits per heavy atom. The van der Waals surface area contributed by atoms with E-state index in [1.165, 1.54) is 6.07 Å². The lowest BCUT2D eigenvalue weighted by molar-refractivity contribution is -0.385. The first kappa shape index (κ1) is 16.3. The molecule has 4 rings (SSSR count). The first-order valence-electron chi connectivity index (χ1n) is 8.55. The third-order valence-electron chi connectivity index (χ3n) is 4.89. The molecule has 1 amide bonds. The van der Waals surface area contributed by atoms with Gasteiger partial charge in [-0.2, -0.15) is 0 Å². The van der Waals surface area contributed by atoms with Crippen LogP contribution in [0.1, 0.15) is 40.6 Å². The number of carbonyl (C=O) groups is 1. The number of aromatic nitrogens is 2. The van der Waals surface area contributed by atoms with E-state index in [-0.39, 0.29) is 17.6 Å². The number of nitro groups is 1. The average Bonchev–Trinajstić information content (AvgIpc) is 3.27. The molecule has 1 saturated heterocycles. The fourth-order valence-corrected chi connectivity index (χ4v) is 3.53. The Balaban J connectivity index is 1.67. The SMILES string of the molecule is Cc1ccc(C(=O)N2CCCC2c2nc3ccccc3[nH]2)cc1[N+](=O)[O-]. The van der Waals surface area contributed by atoms with Crippen LogP contribution in [0.2, 0.25) is 0 Å². The lowest BCUT2D eigenvalue weighted by Gasteiger charge is -2.23. The first-order valence-corrected chi connectivity index (χ1v) is 8.55. The molecule has 0 saturated carbocycles. The van der Waals surface area contributed by atoms with Crippen LogP contribution in [0.3, 0.4) is 0 Å². The molecule has 1 aromatic heterocycles. The Labute approximate surface area is 149 Å². The number of rotatable bonds is 3. The number of fused-ring (bicyclic) bond motifs is 1. The number of amides is 1. The summed E-state index contributed by atoms with van der Waals surface area (Å²) in [6.07, 6.45) is 1.70. The van der Waals surface area contributed by atoms with Crippen molar-refractivity contribution >= 4 is 22.6 Å². The molecule has 132 valence electrons. The van der Waals surface area contributed by atoms with Crippen LogP contribution in [-0.2, 0) is 0 Å². The standard InChI is InChI=1S/C19H18N4O3/c1-12-8-9-13(11-17(12)23(25)26)19(24)22-10-4-7-16(22)18-20-14-5-2-3-6-15(14)21-18/h2-3,5-6,8-9,11,16H,4,7,10H2,1H3,(H,20,21). The van der Waals surface area contributed by atoms with Crippen LogP contribution in [0.25, 0.3) is 11.0 Å². The van der Waals surface area contributed by atoms with Crippen molar-refractivity contribution in [1.82, 2.24) is 14.9 Å². The summed E-state index contributed by atoms with van der Waals surface area (Å²) in [5.74, 6) is 0.565. The van der Waals surface area contributed by atoms with Crippen LogP contribution in [0.15, 0.2) is 42.5 Å². The number of aromatic amines is 1. The zero-order valence-electron chi connectivity index (χ0n) is 14.3. The molecule has 2 aromatic carbocycles. The molecule has 1 atom stereocenters. The van der Waals surface area contributed by atoms with Crippen molar-refractivity contribution < 1.29 is 9.72 Å². The maximum atomic E-state index is 13.0. The van der Waals surface area contributed by atoms with Gasteiger partial charge in [-0.05, 0) is 38.0 Å². The van der Waals surface area contributed by atoms with Gasteiger partial charge in [0, 0.05) is 23.7 Å². The second-order valence-electron chi connectivity index (χ2n) is 6.55. The number of nitrogens with one attached hydrogen (secondary N) is 1. The average molecular weight is 350 g/mol. The highest BCUT2D eigenvalue weighted by atomic mass is 16.6. The van der Waals surface area contributed by atoms with E-state index in [1.807, 2.05) is 24.3 Å². The van der Waals surface area contributed by atoms with Crippen LogP contribution in [-0.4, -0.2) is 32.2 Å². The van der Waals surface area contributed by atoms with Gasteiger partial charge in [0.15, 0.2) is 0 Å². The second-order valence-corrected chi connectivity index (χ2v) is 6.55. The zero-order chi connectivity index (χ0) is 18.3. The van der Waals surface area contributed by atoms with Crippen molar-refractivity contribution in [3.8, 4) is 0 Å². The summed E-state index contributed by atoms with van der Waals surface area (Å²) in [4.78, 5) is 33.4. The maximum absolute atomic E-state index is 13.0. The number of hydrogen-bond acceptors (Lipinski definition) is 4. The Hall–Kier alpha value is -3.22. The van der Waals surface area contributed by atoms with E-state index in [1.54, 1.807) is 24.0 Å². The molecule has 0 spiro atoms. The van der Waals surface area contributed by atoms with Crippen LogP contribution >= 0.6 is 0 Å². The smallest absolute Gasteiger partial charge is 0.273 e. The predicted octanol–water partition coefficient (Wildman–Crippen LogP) is 3.76. The Morgan fingerprint density at radius 1 is 1.31 bits per heavy atom. The van der Waals surface area contributed by atoms with Crippen molar-refractivity contribution in [2.24, 2.45) is 0 Å². The number of aryl methyl sites for hydroxylation is 1. The molecule has 1 unspecified atom stereocenters. The summed E-state index contributed by atoms with van der Waals surface area (Å²) in [7, 11) is 0. The molecule has 1 fully saturated rings. The molecule has 7 heteroatoms. The number of hydrogen-bond donors (Lipinski definition) is 1. The molecule has 7 nitrogen and oxygen atoms in total. The Morgan fingerprint density at radius 3 is 2.88 bits per heavy atom. The fourth-order valence-electron chi connectivity index (χ4n) is 3.53. The van der Waals surface area contributed by atoms with Gasteiger partial charge in [-0.15, -0.1) is 0 Å². The summed E-state index contributed by atoms with van der Waals surface area (Å²) in [5, 5.41) is 11.2. The van der Waals surface area contributed by atoms with Crippen molar-refractivity contribution in [1.29, 1.82) is 0 Å². The van der Waals surface area contributed by atoms with Crippen LogP contribution in [0.5, 0.6) is 0 Å². The largest absolute Gasteiger partial charge is 0.340 e. The number of nitro benzene ring substituents is 1. The summed E-state index contributed by atoms with van der Waals surface area (Å²) >= 11 is 0. The van der Waals surface area contributed by atoms with Gasteiger partial charge >= 0.3 is 0 Å². The number of H-pyrrole nitrogens is 1. The molecule has 1 aliphatic rings. The molecule has 3 aromatic rings. The number of benzene rings is 2. The van der Waals surface area contributed by atoms with Gasteiger partial charge in [0.25, 0.3) is 11.6 Å². The number of imidazole rings is 1. The molecule has 26 heavy (non-hydrogen) atoms. The molecular weight excluding hydrogens is 332 g/mol. The van der Waals surface area contributed by atoms with E-state index in [4.69, 9.17) is 0 Å². The lowest BCUT2D eigenvalue weighted by Crippen LogP contribution is -2.31. The van der Waals surface area contributed by atoms with E-state index >= 15 is 0 Å². The van der Waals surface area contributed by atoms with Gasteiger partial charge in [-0.25, -0.2) is 4.98 Å². The number of nitrogens with zero attached hydrogens (tertiary/aromatic N) is 3. The van der Waals surface area contributed by atoms with Gasteiger partial charge in [0.2, 0.25) is 0 Å². The monoisotopic (exact) mass is 350 g/mol. The minimum atomic E-state index is -0.452.